The summed E-state index contributed by atoms with van der Waals surface area (Å²) in [4.78, 5) is 13.4. The van der Waals surface area contributed by atoms with Crippen LogP contribution in [0, 0.1) is 0 Å². The maximum absolute atomic E-state index is 11.5. The van der Waals surface area contributed by atoms with Crippen LogP contribution in [0.2, 0.25) is 0 Å². The molecule has 1 aromatic heterocycles. The summed E-state index contributed by atoms with van der Waals surface area (Å²) in [6.45, 7) is 3.14. The second-order valence-corrected chi connectivity index (χ2v) is 5.83. The third-order valence-corrected chi connectivity index (χ3v) is 4.66. The van der Waals surface area contributed by atoms with Gasteiger partial charge in [-0.3, -0.25) is 4.79 Å². The van der Waals surface area contributed by atoms with Crippen LogP contribution in [0.5, 0.6) is 5.75 Å². The van der Waals surface area contributed by atoms with E-state index in [1.807, 2.05) is 23.1 Å². The van der Waals surface area contributed by atoms with Crippen molar-refractivity contribution in [2.24, 2.45) is 0 Å². The van der Waals surface area contributed by atoms with Crippen molar-refractivity contribution in [1.29, 1.82) is 0 Å². The van der Waals surface area contributed by atoms with Gasteiger partial charge in [0.15, 0.2) is 5.60 Å². The highest BCUT2D eigenvalue weighted by Gasteiger charge is 2.44. The molecule has 1 fully saturated rings. The van der Waals surface area contributed by atoms with Gasteiger partial charge < -0.3 is 14.2 Å². The number of amides is 1. The quantitative estimate of drug-likeness (QED) is 0.744. The van der Waals surface area contributed by atoms with Gasteiger partial charge in [-0.05, 0) is 24.3 Å². The van der Waals surface area contributed by atoms with Gasteiger partial charge >= 0.3 is 0 Å². The van der Waals surface area contributed by atoms with E-state index in [4.69, 9.17) is 4.74 Å². The van der Waals surface area contributed by atoms with Crippen LogP contribution in [0.15, 0.2) is 42.6 Å². The Kier molecular flexibility index (Phi) is 2.61. The lowest BCUT2D eigenvalue weighted by atomic mass is 9.86. The van der Waals surface area contributed by atoms with E-state index < -0.39 is 0 Å². The summed E-state index contributed by atoms with van der Waals surface area (Å²) in [5.74, 6) is 1.08. The van der Waals surface area contributed by atoms with Crippen molar-refractivity contribution in [3.05, 3.63) is 48.3 Å². The highest BCUT2D eigenvalue weighted by atomic mass is 16.5. The molecular weight excluding hydrogens is 264 g/mol. The molecule has 4 nitrogen and oxygen atoms in total. The third-order valence-electron chi connectivity index (χ3n) is 4.66. The van der Waals surface area contributed by atoms with E-state index in [0.717, 1.165) is 37.4 Å². The predicted octanol–water partition coefficient (Wildman–Crippen LogP) is 2.71. The molecule has 1 amide bonds. The Balaban J connectivity index is 1.75. The Morgan fingerprint density at radius 2 is 1.90 bits per heavy atom. The summed E-state index contributed by atoms with van der Waals surface area (Å²) in [5.41, 5.74) is 1.99. The van der Waals surface area contributed by atoms with Crippen molar-refractivity contribution in [2.75, 3.05) is 13.1 Å². The van der Waals surface area contributed by atoms with Crippen molar-refractivity contribution < 1.29 is 9.53 Å². The molecule has 0 saturated carbocycles. The fourth-order valence-corrected chi connectivity index (χ4v) is 3.51. The van der Waals surface area contributed by atoms with Crippen molar-refractivity contribution >= 4 is 5.91 Å². The van der Waals surface area contributed by atoms with Crippen LogP contribution in [0.4, 0.5) is 0 Å². The molecule has 21 heavy (non-hydrogen) atoms. The lowest BCUT2D eigenvalue weighted by molar-refractivity contribution is -0.132. The van der Waals surface area contributed by atoms with Gasteiger partial charge in [0.05, 0.1) is 11.4 Å². The number of hydrogen-bond donors (Lipinski definition) is 0. The standard InChI is InChI=1S/C17H18N2O2/c1-13(20)18-11-8-17(9-12-18)16-7-4-10-19(16)14-5-2-3-6-15(14)21-17/h2-7,10H,8-9,11-12H2,1H3. The van der Waals surface area contributed by atoms with Crippen LogP contribution in [0.25, 0.3) is 5.69 Å². The molecule has 0 radical (unpaired) electrons. The molecular formula is C17H18N2O2. The number of benzene rings is 1. The van der Waals surface area contributed by atoms with Crippen molar-refractivity contribution in [2.45, 2.75) is 25.4 Å². The summed E-state index contributed by atoms with van der Waals surface area (Å²) in [6, 6.07) is 12.3. The molecule has 2 aliphatic rings. The van der Waals surface area contributed by atoms with Crippen LogP contribution in [-0.2, 0) is 10.4 Å². The molecule has 1 saturated heterocycles. The predicted molar refractivity (Wildman–Crippen MR) is 79.6 cm³/mol. The normalized spacial score (nSPS) is 18.8. The molecule has 4 rings (SSSR count). The van der Waals surface area contributed by atoms with E-state index in [1.54, 1.807) is 6.92 Å². The molecule has 2 aliphatic heterocycles. The van der Waals surface area contributed by atoms with Gasteiger partial charge in [0.25, 0.3) is 0 Å². The number of carbonyl (C=O) groups is 1. The third kappa shape index (κ3) is 1.78. The van der Waals surface area contributed by atoms with Crippen molar-refractivity contribution in [3.63, 3.8) is 0 Å². The van der Waals surface area contributed by atoms with E-state index >= 15 is 0 Å². The molecule has 4 heteroatoms. The Bertz CT molecular complexity index is 696. The number of carbonyl (C=O) groups excluding carboxylic acids is 1. The fraction of sp³-hybridized carbons (Fsp3) is 0.353. The van der Waals surface area contributed by atoms with Gasteiger partial charge in [0.1, 0.15) is 5.75 Å². The minimum absolute atomic E-state index is 0.149. The van der Waals surface area contributed by atoms with Crippen molar-refractivity contribution in [3.8, 4) is 11.4 Å². The van der Waals surface area contributed by atoms with Crippen LogP contribution >= 0.6 is 0 Å². The first-order chi connectivity index (χ1) is 10.2. The van der Waals surface area contributed by atoms with E-state index in [1.165, 1.54) is 5.69 Å². The van der Waals surface area contributed by atoms with Crippen molar-refractivity contribution in [1.82, 2.24) is 9.47 Å². The van der Waals surface area contributed by atoms with Gasteiger partial charge in [-0.1, -0.05) is 12.1 Å². The summed E-state index contributed by atoms with van der Waals surface area (Å²) in [6.07, 6.45) is 3.77. The number of aromatic nitrogens is 1. The van der Waals surface area contributed by atoms with Crippen LogP contribution in [0.3, 0.4) is 0 Å². The number of hydrogen-bond acceptors (Lipinski definition) is 2. The monoisotopic (exact) mass is 282 g/mol. The number of para-hydroxylation sites is 2. The first kappa shape index (κ1) is 12.5. The molecule has 0 N–H and O–H groups in total. The Hall–Kier alpha value is -2.23. The molecule has 0 unspecified atom stereocenters. The number of piperidine rings is 1. The lowest BCUT2D eigenvalue weighted by Crippen LogP contribution is -2.49. The minimum atomic E-state index is -0.302. The summed E-state index contributed by atoms with van der Waals surface area (Å²) >= 11 is 0. The van der Waals surface area contributed by atoms with E-state index in [-0.39, 0.29) is 11.5 Å². The van der Waals surface area contributed by atoms with Gasteiger partial charge in [0, 0.05) is 39.1 Å². The van der Waals surface area contributed by atoms with Crippen LogP contribution in [0.1, 0.15) is 25.5 Å². The maximum atomic E-state index is 11.5. The average Bonchev–Trinajstić information content (AvgIpc) is 2.99. The molecule has 108 valence electrons. The minimum Gasteiger partial charge on any atom is -0.479 e. The van der Waals surface area contributed by atoms with Crippen LogP contribution in [-0.4, -0.2) is 28.5 Å². The molecule has 0 atom stereocenters. The SMILES string of the molecule is CC(=O)N1CCC2(CC1)Oc1ccccc1-n1cccc12. The Labute approximate surface area is 123 Å². The Morgan fingerprint density at radius 1 is 1.14 bits per heavy atom. The zero-order chi connectivity index (χ0) is 14.4. The first-order valence-electron chi connectivity index (χ1n) is 7.41. The summed E-state index contributed by atoms with van der Waals surface area (Å²) in [7, 11) is 0. The number of ether oxygens (including phenoxy) is 1. The molecule has 0 aliphatic carbocycles. The number of rotatable bonds is 0. The van der Waals surface area contributed by atoms with Gasteiger partial charge in [0.2, 0.25) is 5.91 Å². The molecule has 2 aromatic rings. The Morgan fingerprint density at radius 3 is 2.67 bits per heavy atom. The molecule has 1 spiro atoms. The second kappa shape index (κ2) is 4.38. The number of nitrogens with zero attached hydrogens (tertiary/aromatic N) is 2. The molecule has 0 bridgehead atoms. The lowest BCUT2D eigenvalue weighted by Gasteiger charge is -2.44. The highest BCUT2D eigenvalue weighted by molar-refractivity contribution is 5.73. The fourth-order valence-electron chi connectivity index (χ4n) is 3.51. The van der Waals surface area contributed by atoms with Crippen LogP contribution < -0.4 is 4.74 Å². The zero-order valence-electron chi connectivity index (χ0n) is 12.1. The smallest absolute Gasteiger partial charge is 0.219 e. The number of likely N-dealkylation sites (tertiary alicyclic amines) is 1. The summed E-state index contributed by atoms with van der Waals surface area (Å²) in [5, 5.41) is 0. The number of fused-ring (bicyclic) bond motifs is 4. The zero-order valence-corrected chi connectivity index (χ0v) is 12.1. The average molecular weight is 282 g/mol. The van der Waals surface area contributed by atoms with E-state index in [0.29, 0.717) is 0 Å². The van der Waals surface area contributed by atoms with Gasteiger partial charge in [-0.2, -0.15) is 0 Å². The van der Waals surface area contributed by atoms with Gasteiger partial charge in [-0.25, -0.2) is 0 Å². The van der Waals surface area contributed by atoms with E-state index in [9.17, 15) is 4.79 Å². The largest absolute Gasteiger partial charge is 0.479 e. The second-order valence-electron chi connectivity index (χ2n) is 5.83. The van der Waals surface area contributed by atoms with E-state index in [2.05, 4.69) is 29.0 Å². The molecule has 3 heterocycles. The maximum Gasteiger partial charge on any atom is 0.219 e. The topological polar surface area (TPSA) is 34.5 Å². The molecule has 1 aromatic carbocycles. The highest BCUT2D eigenvalue weighted by Crippen LogP contribution is 2.44. The first-order valence-corrected chi connectivity index (χ1v) is 7.41. The van der Waals surface area contributed by atoms with Gasteiger partial charge in [-0.15, -0.1) is 0 Å². The summed E-state index contributed by atoms with van der Waals surface area (Å²) < 4.78 is 8.64.